The van der Waals surface area contributed by atoms with Gasteiger partial charge >= 0.3 is 0 Å². The molecule has 5 nitrogen and oxygen atoms in total. The van der Waals surface area contributed by atoms with Crippen LogP contribution in [0.15, 0.2) is 53.4 Å². The summed E-state index contributed by atoms with van der Waals surface area (Å²) in [6.07, 6.45) is 0.853. The van der Waals surface area contributed by atoms with E-state index in [0.29, 0.717) is 13.1 Å². The molecule has 0 bridgehead atoms. The van der Waals surface area contributed by atoms with Gasteiger partial charge in [-0.1, -0.05) is 36.8 Å². The minimum atomic E-state index is -0.557. The van der Waals surface area contributed by atoms with Crippen molar-refractivity contribution >= 4 is 23.6 Å². The third kappa shape index (κ3) is 7.13. The summed E-state index contributed by atoms with van der Waals surface area (Å²) in [6, 6.07) is 15.1. The zero-order valence-electron chi connectivity index (χ0n) is 17.6. The Bertz CT molecular complexity index is 808. The van der Waals surface area contributed by atoms with Gasteiger partial charge in [-0.25, -0.2) is 0 Å². The average Bonchev–Trinajstić information content (AvgIpc) is 2.74. The number of nitrogens with zero attached hydrogens (tertiary/aromatic N) is 1. The second-order valence-corrected chi connectivity index (χ2v) is 7.99. The predicted octanol–water partition coefficient (Wildman–Crippen LogP) is 4.04. The third-order valence-electron chi connectivity index (χ3n) is 4.59. The van der Waals surface area contributed by atoms with E-state index in [1.165, 1.54) is 17.3 Å². The summed E-state index contributed by atoms with van der Waals surface area (Å²) >= 11 is 1.48. The van der Waals surface area contributed by atoms with E-state index in [1.807, 2.05) is 62.4 Å². The van der Waals surface area contributed by atoms with Gasteiger partial charge in [0.2, 0.25) is 11.8 Å². The fourth-order valence-electron chi connectivity index (χ4n) is 2.81. The maximum Gasteiger partial charge on any atom is 0.242 e. The van der Waals surface area contributed by atoms with Gasteiger partial charge in [-0.05, 0) is 50.1 Å². The summed E-state index contributed by atoms with van der Waals surface area (Å²) in [6.45, 7) is 6.77. The molecule has 2 amide bonds. The molecule has 2 rings (SSSR count). The van der Waals surface area contributed by atoms with Crippen LogP contribution in [-0.2, 0) is 16.1 Å². The van der Waals surface area contributed by atoms with Gasteiger partial charge in [0.1, 0.15) is 11.8 Å². The number of aryl methyl sites for hydroxylation is 1. The molecule has 2 aromatic rings. The summed E-state index contributed by atoms with van der Waals surface area (Å²) in [4.78, 5) is 28.3. The second kappa shape index (κ2) is 11.5. The molecule has 0 aliphatic rings. The van der Waals surface area contributed by atoms with Crippen LogP contribution < -0.4 is 10.1 Å². The molecule has 29 heavy (non-hydrogen) atoms. The molecule has 1 N–H and O–H groups in total. The highest BCUT2D eigenvalue weighted by molar-refractivity contribution is 8.00. The summed E-state index contributed by atoms with van der Waals surface area (Å²) < 4.78 is 5.29. The van der Waals surface area contributed by atoms with Gasteiger partial charge in [0.05, 0.1) is 12.9 Å². The van der Waals surface area contributed by atoms with Crippen molar-refractivity contribution in [3.63, 3.8) is 0 Å². The summed E-state index contributed by atoms with van der Waals surface area (Å²) in [7, 11) is 1.61. The molecular formula is C23H30N2O3S. The predicted molar refractivity (Wildman–Crippen MR) is 118 cm³/mol. The van der Waals surface area contributed by atoms with Crippen LogP contribution in [0.1, 0.15) is 31.4 Å². The van der Waals surface area contributed by atoms with Crippen molar-refractivity contribution in [1.29, 1.82) is 0 Å². The number of ether oxygens (including phenoxy) is 1. The zero-order chi connectivity index (χ0) is 21.2. The molecule has 2 aromatic carbocycles. The second-order valence-electron chi connectivity index (χ2n) is 6.94. The fraction of sp³-hybridized carbons (Fsp3) is 0.391. The normalized spacial score (nSPS) is 11.6. The van der Waals surface area contributed by atoms with E-state index in [2.05, 4.69) is 5.32 Å². The quantitative estimate of drug-likeness (QED) is 0.596. The van der Waals surface area contributed by atoms with E-state index in [0.717, 1.165) is 22.6 Å². The molecule has 6 heteroatoms. The topological polar surface area (TPSA) is 58.6 Å². The van der Waals surface area contributed by atoms with Crippen molar-refractivity contribution in [3.8, 4) is 5.75 Å². The molecular weight excluding hydrogens is 384 g/mol. The minimum absolute atomic E-state index is 0.0717. The number of thioether (sulfide) groups is 1. The van der Waals surface area contributed by atoms with E-state index in [9.17, 15) is 9.59 Å². The Morgan fingerprint density at radius 2 is 1.90 bits per heavy atom. The van der Waals surface area contributed by atoms with Crippen LogP contribution >= 0.6 is 11.8 Å². The van der Waals surface area contributed by atoms with Gasteiger partial charge in [-0.3, -0.25) is 9.59 Å². The van der Waals surface area contributed by atoms with E-state index in [1.54, 1.807) is 18.9 Å². The lowest BCUT2D eigenvalue weighted by atomic mass is 10.1. The molecule has 0 aliphatic carbocycles. The molecule has 0 heterocycles. The van der Waals surface area contributed by atoms with Gasteiger partial charge in [-0.2, -0.15) is 0 Å². The number of amides is 2. The van der Waals surface area contributed by atoms with Crippen molar-refractivity contribution in [3.05, 3.63) is 59.7 Å². The number of nitrogens with one attached hydrogen (secondary N) is 1. The number of rotatable bonds is 10. The smallest absolute Gasteiger partial charge is 0.242 e. The Hall–Kier alpha value is -2.47. The maximum absolute atomic E-state index is 13.1. The molecule has 1 atom stereocenters. The van der Waals surface area contributed by atoms with Gasteiger partial charge in [0.25, 0.3) is 0 Å². The van der Waals surface area contributed by atoms with E-state index < -0.39 is 6.04 Å². The molecule has 0 aliphatic heterocycles. The molecule has 0 unspecified atom stereocenters. The van der Waals surface area contributed by atoms with Crippen LogP contribution in [0.25, 0.3) is 0 Å². The van der Waals surface area contributed by atoms with Gasteiger partial charge in [0, 0.05) is 18.0 Å². The minimum Gasteiger partial charge on any atom is -0.497 e. The largest absolute Gasteiger partial charge is 0.497 e. The number of benzene rings is 2. The van der Waals surface area contributed by atoms with Crippen LogP contribution in [0.5, 0.6) is 5.75 Å². The monoisotopic (exact) mass is 414 g/mol. The molecule has 156 valence electrons. The zero-order valence-corrected chi connectivity index (χ0v) is 18.4. The summed E-state index contributed by atoms with van der Waals surface area (Å²) in [5.74, 6) is 0.798. The highest BCUT2D eigenvalue weighted by atomic mass is 32.2. The van der Waals surface area contributed by atoms with Crippen LogP contribution in [0.2, 0.25) is 0 Å². The standard InChI is InChI=1S/C23H30N2O3S/c1-5-13-24-23(27)18(3)25(15-19-7-6-8-20(14-19)28-4)22(26)16-29-21-11-9-17(2)10-12-21/h6-12,14,18H,5,13,15-16H2,1-4H3,(H,24,27)/t18-/m1/s1. The first-order chi connectivity index (χ1) is 13.9. The molecule has 0 fully saturated rings. The van der Waals surface area contributed by atoms with Crippen molar-refractivity contribution in [2.45, 2.75) is 44.7 Å². The van der Waals surface area contributed by atoms with E-state index in [4.69, 9.17) is 4.74 Å². The van der Waals surface area contributed by atoms with Gasteiger partial charge < -0.3 is 15.0 Å². The Labute approximate surface area is 177 Å². The lowest BCUT2D eigenvalue weighted by Crippen LogP contribution is -2.48. The highest BCUT2D eigenvalue weighted by Gasteiger charge is 2.26. The van der Waals surface area contributed by atoms with E-state index >= 15 is 0 Å². The number of hydrogen-bond donors (Lipinski definition) is 1. The lowest BCUT2D eigenvalue weighted by molar-refractivity contribution is -0.138. The molecule has 0 aromatic heterocycles. The molecule has 0 saturated heterocycles. The Morgan fingerprint density at radius 3 is 2.55 bits per heavy atom. The molecule has 0 radical (unpaired) electrons. The Kier molecular flexibility index (Phi) is 9.06. The van der Waals surface area contributed by atoms with Crippen molar-refractivity contribution in [2.24, 2.45) is 0 Å². The summed E-state index contributed by atoms with van der Waals surface area (Å²) in [5.41, 5.74) is 2.11. The van der Waals surface area contributed by atoms with Crippen molar-refractivity contribution in [2.75, 3.05) is 19.4 Å². The number of methoxy groups -OCH3 is 1. The number of carbonyl (C=O) groups is 2. The van der Waals surface area contributed by atoms with Crippen molar-refractivity contribution in [1.82, 2.24) is 10.2 Å². The Balaban J connectivity index is 2.14. The van der Waals surface area contributed by atoms with Crippen LogP contribution in [0.4, 0.5) is 0 Å². The number of carbonyl (C=O) groups excluding carboxylic acids is 2. The first-order valence-corrected chi connectivity index (χ1v) is 10.8. The molecule has 0 saturated carbocycles. The maximum atomic E-state index is 13.1. The third-order valence-corrected chi connectivity index (χ3v) is 5.58. The lowest BCUT2D eigenvalue weighted by Gasteiger charge is -2.29. The first kappa shape index (κ1) is 22.8. The SMILES string of the molecule is CCCNC(=O)[C@@H](C)N(Cc1cccc(OC)c1)C(=O)CSc1ccc(C)cc1. The molecule has 0 spiro atoms. The van der Waals surface area contributed by atoms with Crippen molar-refractivity contribution < 1.29 is 14.3 Å². The highest BCUT2D eigenvalue weighted by Crippen LogP contribution is 2.21. The first-order valence-electron chi connectivity index (χ1n) is 9.84. The van der Waals surface area contributed by atoms with Crippen LogP contribution in [0.3, 0.4) is 0 Å². The van der Waals surface area contributed by atoms with E-state index in [-0.39, 0.29) is 17.6 Å². The average molecular weight is 415 g/mol. The Morgan fingerprint density at radius 1 is 1.17 bits per heavy atom. The summed E-state index contributed by atoms with van der Waals surface area (Å²) in [5, 5.41) is 2.89. The van der Waals surface area contributed by atoms with Gasteiger partial charge in [0.15, 0.2) is 0 Å². The van der Waals surface area contributed by atoms with Crippen LogP contribution in [-0.4, -0.2) is 42.2 Å². The van der Waals surface area contributed by atoms with Crippen LogP contribution in [0, 0.1) is 6.92 Å². The fourth-order valence-corrected chi connectivity index (χ4v) is 3.59. The number of hydrogen-bond acceptors (Lipinski definition) is 4. The van der Waals surface area contributed by atoms with Gasteiger partial charge in [-0.15, -0.1) is 11.8 Å².